The predicted molar refractivity (Wildman–Crippen MR) is 143 cm³/mol. The van der Waals surface area contributed by atoms with Gasteiger partial charge in [-0.2, -0.15) is 0 Å². The summed E-state index contributed by atoms with van der Waals surface area (Å²) in [7, 11) is 0. The lowest BCUT2D eigenvalue weighted by atomic mass is 9.64. The van der Waals surface area contributed by atoms with Crippen molar-refractivity contribution in [2.24, 2.45) is 11.8 Å². The van der Waals surface area contributed by atoms with E-state index < -0.39 is 5.54 Å². The Labute approximate surface area is 213 Å². The van der Waals surface area contributed by atoms with Crippen molar-refractivity contribution in [3.63, 3.8) is 0 Å². The molecule has 3 aromatic rings. The summed E-state index contributed by atoms with van der Waals surface area (Å²) in [5.74, 6) is 1.14. The molecule has 0 spiro atoms. The van der Waals surface area contributed by atoms with Crippen molar-refractivity contribution in [2.75, 3.05) is 11.6 Å². The number of carbonyl (C=O) groups is 1. The van der Waals surface area contributed by atoms with Gasteiger partial charge in [-0.3, -0.25) is 9.80 Å². The summed E-state index contributed by atoms with van der Waals surface area (Å²) in [4.78, 5) is 31.8. The zero-order valence-electron chi connectivity index (χ0n) is 22.0. The smallest absolute Gasteiger partial charge is 0.335 e. The van der Waals surface area contributed by atoms with Gasteiger partial charge in [-0.05, 0) is 48.8 Å². The van der Waals surface area contributed by atoms with Crippen molar-refractivity contribution in [1.82, 2.24) is 9.66 Å². The van der Waals surface area contributed by atoms with Crippen LogP contribution in [0, 0.1) is 11.8 Å². The van der Waals surface area contributed by atoms with Gasteiger partial charge in [0.15, 0.2) is 5.54 Å². The van der Waals surface area contributed by atoms with E-state index in [2.05, 4.69) is 45.0 Å². The number of benzene rings is 2. The van der Waals surface area contributed by atoms with Gasteiger partial charge < -0.3 is 4.74 Å². The summed E-state index contributed by atoms with van der Waals surface area (Å²) in [6, 6.07) is 17.9. The zero-order valence-corrected chi connectivity index (χ0v) is 22.0. The van der Waals surface area contributed by atoms with Crippen LogP contribution >= 0.6 is 0 Å². The number of aryl methyl sites for hydroxylation is 1. The van der Waals surface area contributed by atoms with Gasteiger partial charge in [-0.25, -0.2) is 14.5 Å². The van der Waals surface area contributed by atoms with Crippen LogP contribution in [0.4, 0.5) is 0 Å². The Morgan fingerprint density at radius 1 is 1.11 bits per heavy atom. The molecule has 0 unspecified atom stereocenters. The fraction of sp³-hybridized carbons (Fsp3) is 0.500. The molecule has 0 bridgehead atoms. The number of rotatable bonds is 6. The topological polar surface area (TPSA) is 64.2 Å². The molecule has 190 valence electrons. The van der Waals surface area contributed by atoms with Crippen molar-refractivity contribution in [3.8, 4) is 0 Å². The van der Waals surface area contributed by atoms with Crippen LogP contribution < -0.4 is 10.6 Å². The largest absolute Gasteiger partial charge is 0.460 e. The molecule has 1 aliphatic heterocycles. The molecule has 1 aromatic heterocycles. The summed E-state index contributed by atoms with van der Waals surface area (Å²) < 4.78 is 7.94. The van der Waals surface area contributed by atoms with Crippen molar-refractivity contribution in [1.29, 1.82) is 0 Å². The lowest BCUT2D eigenvalue weighted by Gasteiger charge is -2.44. The number of carbonyl (C=O) groups excluding carboxylic acids is 1. The van der Waals surface area contributed by atoms with Crippen molar-refractivity contribution in [3.05, 3.63) is 76.3 Å². The Bertz CT molecular complexity index is 1330. The molecule has 36 heavy (non-hydrogen) atoms. The third-order valence-corrected chi connectivity index (χ3v) is 8.50. The van der Waals surface area contributed by atoms with E-state index in [1.807, 2.05) is 43.1 Å². The van der Waals surface area contributed by atoms with Crippen LogP contribution in [0.3, 0.4) is 0 Å². The summed E-state index contributed by atoms with van der Waals surface area (Å²) in [5, 5.41) is 2.38. The van der Waals surface area contributed by atoms with E-state index >= 15 is 0 Å². The van der Waals surface area contributed by atoms with Gasteiger partial charge in [-0.15, -0.1) is 0 Å². The van der Waals surface area contributed by atoms with Gasteiger partial charge in [0.2, 0.25) is 0 Å². The normalized spacial score (nSPS) is 26.1. The highest BCUT2D eigenvalue weighted by molar-refractivity contribution is 5.88. The minimum atomic E-state index is -0.875. The molecular weight excluding hydrogens is 450 g/mol. The van der Waals surface area contributed by atoms with Gasteiger partial charge in [0.05, 0.1) is 17.4 Å². The first-order valence-corrected chi connectivity index (χ1v) is 13.2. The van der Waals surface area contributed by atoms with E-state index in [-0.39, 0.29) is 29.0 Å². The predicted octanol–water partition coefficient (Wildman–Crippen LogP) is 5.00. The fourth-order valence-electron chi connectivity index (χ4n) is 6.00. The van der Waals surface area contributed by atoms with Gasteiger partial charge in [0, 0.05) is 12.3 Å². The number of ether oxygens (including phenoxy) is 1. The average molecular weight is 488 g/mol. The SMILES string of the molecule is CCc1nc2ccccc2c(=O)n1N1C[C@@]1(C)C(=O)O[C@@H]1C[C@H](C)CC[C@H]1C(C)(C)c1ccccc1. The van der Waals surface area contributed by atoms with Crippen LogP contribution in [-0.4, -0.2) is 33.8 Å². The summed E-state index contributed by atoms with van der Waals surface area (Å²) in [5.41, 5.74) is 0.823. The maximum Gasteiger partial charge on any atom is 0.335 e. The van der Waals surface area contributed by atoms with E-state index in [0.29, 0.717) is 35.6 Å². The highest BCUT2D eigenvalue weighted by Gasteiger charge is 2.59. The molecular formula is C30H37N3O3. The molecule has 6 nitrogen and oxygen atoms in total. The summed E-state index contributed by atoms with van der Waals surface area (Å²) >= 11 is 0. The van der Waals surface area contributed by atoms with E-state index in [9.17, 15) is 9.59 Å². The van der Waals surface area contributed by atoms with E-state index in [1.54, 1.807) is 10.7 Å². The molecule has 1 saturated carbocycles. The Kier molecular flexibility index (Phi) is 6.17. The first-order chi connectivity index (χ1) is 17.2. The second kappa shape index (κ2) is 9.06. The maximum absolute atomic E-state index is 13.7. The molecule has 5 rings (SSSR count). The molecule has 4 atom stereocenters. The number of fused-ring (bicyclic) bond motifs is 1. The van der Waals surface area contributed by atoms with Crippen molar-refractivity contribution in [2.45, 2.75) is 77.4 Å². The number of aromatic nitrogens is 2. The van der Waals surface area contributed by atoms with E-state index in [0.717, 1.165) is 19.3 Å². The van der Waals surface area contributed by atoms with Crippen LogP contribution in [0.25, 0.3) is 10.9 Å². The van der Waals surface area contributed by atoms with Crippen LogP contribution in [0.15, 0.2) is 59.4 Å². The van der Waals surface area contributed by atoms with Gasteiger partial charge in [0.1, 0.15) is 11.9 Å². The number of para-hydroxylation sites is 1. The third-order valence-electron chi connectivity index (χ3n) is 8.50. The van der Waals surface area contributed by atoms with Gasteiger partial charge in [0.25, 0.3) is 5.56 Å². The average Bonchev–Trinajstić information content (AvgIpc) is 3.56. The van der Waals surface area contributed by atoms with Crippen molar-refractivity contribution < 1.29 is 9.53 Å². The molecule has 0 amide bonds. The van der Waals surface area contributed by atoms with E-state index in [1.165, 1.54) is 5.56 Å². The minimum Gasteiger partial charge on any atom is -0.460 e. The molecule has 0 radical (unpaired) electrons. The molecule has 1 aliphatic carbocycles. The summed E-state index contributed by atoms with van der Waals surface area (Å²) in [6.45, 7) is 11.1. The van der Waals surface area contributed by atoms with Crippen molar-refractivity contribution >= 4 is 16.9 Å². The Balaban J connectivity index is 1.41. The highest BCUT2D eigenvalue weighted by atomic mass is 16.5. The van der Waals surface area contributed by atoms with E-state index in [4.69, 9.17) is 9.72 Å². The Morgan fingerprint density at radius 2 is 1.81 bits per heavy atom. The Hall–Kier alpha value is -3.15. The molecule has 2 heterocycles. The third kappa shape index (κ3) is 4.10. The maximum atomic E-state index is 13.7. The van der Waals surface area contributed by atoms with Gasteiger partial charge >= 0.3 is 5.97 Å². The monoisotopic (exact) mass is 487 g/mol. The Morgan fingerprint density at radius 3 is 2.53 bits per heavy atom. The quantitative estimate of drug-likeness (QED) is 0.362. The lowest BCUT2D eigenvalue weighted by Crippen LogP contribution is -2.46. The molecule has 6 heteroatoms. The van der Waals surface area contributed by atoms with Crippen LogP contribution in [0.5, 0.6) is 0 Å². The number of esters is 1. The molecule has 2 fully saturated rings. The first kappa shape index (κ1) is 24.5. The number of nitrogens with zero attached hydrogens (tertiary/aromatic N) is 3. The minimum absolute atomic E-state index is 0.120. The molecule has 0 N–H and O–H groups in total. The zero-order chi connectivity index (χ0) is 25.7. The highest BCUT2D eigenvalue weighted by Crippen LogP contribution is 2.44. The summed E-state index contributed by atoms with van der Waals surface area (Å²) in [6.07, 6.45) is 3.45. The molecule has 1 saturated heterocycles. The number of hydrogen-bond acceptors (Lipinski definition) is 5. The standard InChI is InChI=1S/C30H37N3O3/c1-6-26-31-24-15-11-10-14-22(24)27(34)33(26)32-19-30(32,5)28(35)36-25-18-20(2)16-17-23(25)29(3,4)21-12-8-7-9-13-21/h7-15,20,23,25H,6,16-19H2,1-5H3/t20-,23-,25-,30+,32?/m1/s1. The second-order valence-electron chi connectivity index (χ2n) is 11.4. The van der Waals surface area contributed by atoms with Gasteiger partial charge in [-0.1, -0.05) is 76.6 Å². The lowest BCUT2D eigenvalue weighted by molar-refractivity contribution is -0.159. The molecule has 2 aliphatic rings. The fourth-order valence-corrected chi connectivity index (χ4v) is 6.00. The van der Waals surface area contributed by atoms with Crippen LogP contribution in [0.1, 0.15) is 65.3 Å². The van der Waals surface area contributed by atoms with Crippen LogP contribution in [0.2, 0.25) is 0 Å². The van der Waals surface area contributed by atoms with Crippen LogP contribution in [-0.2, 0) is 21.4 Å². The second-order valence-corrected chi connectivity index (χ2v) is 11.4. The first-order valence-electron chi connectivity index (χ1n) is 13.2. The molecule has 2 aromatic carbocycles. The number of hydrogen-bond donors (Lipinski definition) is 0.